The Morgan fingerprint density at radius 2 is 1.75 bits per heavy atom. The molecule has 2 unspecified atom stereocenters. The van der Waals surface area contributed by atoms with E-state index in [1.54, 1.807) is 6.07 Å². The molecule has 1 fully saturated rings. The second kappa shape index (κ2) is 10.1. The van der Waals surface area contributed by atoms with E-state index in [0.717, 1.165) is 35.8 Å². The van der Waals surface area contributed by atoms with E-state index in [-0.39, 0.29) is 29.9 Å². The van der Waals surface area contributed by atoms with Gasteiger partial charge in [0.25, 0.3) is 5.91 Å². The number of fused-ring (bicyclic) bond motifs is 1. The lowest BCUT2D eigenvalue weighted by atomic mass is 9.73. The van der Waals surface area contributed by atoms with E-state index in [0.29, 0.717) is 12.5 Å². The van der Waals surface area contributed by atoms with E-state index in [4.69, 9.17) is 4.74 Å². The predicted molar refractivity (Wildman–Crippen MR) is 126 cm³/mol. The molecule has 2 aromatic carbocycles. The quantitative estimate of drug-likeness (QED) is 0.426. The number of halogens is 1. The molecule has 0 spiro atoms. The average molecular weight is 437 g/mol. The number of benzene rings is 2. The zero-order valence-electron chi connectivity index (χ0n) is 19.5. The minimum absolute atomic E-state index is 0.122. The van der Waals surface area contributed by atoms with Crippen molar-refractivity contribution < 1.29 is 13.9 Å². The largest absolute Gasteiger partial charge is 0.486 e. The van der Waals surface area contributed by atoms with E-state index in [1.165, 1.54) is 19.3 Å². The van der Waals surface area contributed by atoms with Crippen molar-refractivity contribution in [2.75, 3.05) is 0 Å². The first-order valence-electron chi connectivity index (χ1n) is 12.1. The van der Waals surface area contributed by atoms with Crippen molar-refractivity contribution in [2.45, 2.75) is 72.1 Å². The minimum atomic E-state index is -0.522. The van der Waals surface area contributed by atoms with E-state index >= 15 is 4.39 Å². The summed E-state index contributed by atoms with van der Waals surface area (Å²) in [5.41, 5.74) is 1.94. The fraction of sp³-hybridized carbons (Fsp3) is 0.500. The van der Waals surface area contributed by atoms with Crippen LogP contribution < -0.4 is 4.74 Å². The maximum atomic E-state index is 15.2. The van der Waals surface area contributed by atoms with E-state index in [1.807, 2.05) is 41.3 Å². The minimum Gasteiger partial charge on any atom is -0.486 e. The number of hydrogen-bond donors (Lipinski definition) is 0. The average Bonchev–Trinajstić information content (AvgIpc) is 3.16. The second-order valence-corrected chi connectivity index (χ2v) is 9.66. The summed E-state index contributed by atoms with van der Waals surface area (Å²) in [6.45, 7) is 7.41. The van der Waals surface area contributed by atoms with Gasteiger partial charge in [-0.05, 0) is 61.6 Å². The van der Waals surface area contributed by atoms with Crippen LogP contribution in [0.25, 0.3) is 0 Å². The highest BCUT2D eigenvalue weighted by Gasteiger charge is 2.38. The van der Waals surface area contributed by atoms with Crippen molar-refractivity contribution in [2.24, 2.45) is 17.8 Å². The topological polar surface area (TPSA) is 29.5 Å². The molecule has 32 heavy (non-hydrogen) atoms. The number of amides is 1. The summed E-state index contributed by atoms with van der Waals surface area (Å²) in [6, 6.07) is 13.3. The predicted octanol–water partition coefficient (Wildman–Crippen LogP) is 6.81. The van der Waals surface area contributed by atoms with Crippen LogP contribution in [-0.4, -0.2) is 16.8 Å². The Bertz CT molecular complexity index is 921. The van der Waals surface area contributed by atoms with Crippen LogP contribution in [-0.2, 0) is 13.2 Å². The van der Waals surface area contributed by atoms with Gasteiger partial charge in [0.05, 0.1) is 5.56 Å². The number of rotatable bonds is 8. The van der Waals surface area contributed by atoms with Crippen LogP contribution >= 0.6 is 0 Å². The van der Waals surface area contributed by atoms with Gasteiger partial charge in [-0.2, -0.15) is 13.3 Å². The molecule has 1 heterocycles. The highest BCUT2D eigenvalue weighted by atomic mass is 19.1. The van der Waals surface area contributed by atoms with Crippen LogP contribution in [0.15, 0.2) is 42.5 Å². The number of carbonyl (C=O) groups is 1. The number of carbonyl (C=O) groups excluding carboxylic acids is 1. The van der Waals surface area contributed by atoms with E-state index < -0.39 is 5.82 Å². The molecule has 1 saturated carbocycles. The molecule has 0 radical (unpaired) electrons. The Hall–Kier alpha value is -2.36. The molecule has 2 atom stereocenters. The molecule has 0 aromatic heterocycles. The van der Waals surface area contributed by atoms with Crippen LogP contribution in [0.5, 0.6) is 5.75 Å². The van der Waals surface area contributed by atoms with Gasteiger partial charge in [0.1, 0.15) is 6.61 Å². The Balaban J connectivity index is 1.40. The molecular weight excluding hydrogens is 401 g/mol. The standard InChI is InChI=1S/C28H35FNO2/c1-4-8-19(2)22-11-13-23(14-12-22)20(3)30-17-24-15-16-25(27(29)26(24)28(30)31)32-18-21-9-6-5-7-10-21/h4-7,9-10,15-16,19-20,22-23H,8,11-14,17-18H2,1-3H3/q-1. The monoisotopic (exact) mass is 436 g/mol. The van der Waals surface area contributed by atoms with Gasteiger partial charge >= 0.3 is 0 Å². The Labute approximate surface area is 192 Å². The lowest BCUT2D eigenvalue weighted by Crippen LogP contribution is -2.40. The fourth-order valence-corrected chi connectivity index (χ4v) is 5.55. The van der Waals surface area contributed by atoms with Gasteiger partial charge < -0.3 is 16.1 Å². The zero-order valence-corrected chi connectivity index (χ0v) is 19.5. The molecule has 4 heteroatoms. The molecule has 172 valence electrons. The third kappa shape index (κ3) is 4.69. The second-order valence-electron chi connectivity index (χ2n) is 9.66. The molecule has 1 aliphatic carbocycles. The smallest absolute Gasteiger partial charge is 0.257 e. The first-order chi connectivity index (χ1) is 15.5. The SMILES string of the molecule is C[CH-]CC(C)C1CCC(C(C)N2Cc3ccc(OCc4ccccc4)c(F)c3C2=O)CC1. The highest BCUT2D eigenvalue weighted by molar-refractivity contribution is 5.99. The Morgan fingerprint density at radius 1 is 1.06 bits per heavy atom. The van der Waals surface area contributed by atoms with Crippen LogP contribution in [0, 0.1) is 30.0 Å². The highest BCUT2D eigenvalue weighted by Crippen LogP contribution is 2.40. The van der Waals surface area contributed by atoms with E-state index in [2.05, 4.69) is 27.2 Å². The normalized spacial score (nSPS) is 22.5. The molecule has 3 nitrogen and oxygen atoms in total. The molecule has 2 aromatic rings. The van der Waals surface area contributed by atoms with Crippen molar-refractivity contribution in [1.82, 2.24) is 4.90 Å². The van der Waals surface area contributed by atoms with Gasteiger partial charge in [-0.15, -0.1) is 0 Å². The summed E-state index contributed by atoms with van der Waals surface area (Å²) in [5.74, 6) is 1.44. The first-order valence-corrected chi connectivity index (χ1v) is 12.1. The van der Waals surface area contributed by atoms with Gasteiger partial charge in [-0.25, -0.2) is 4.39 Å². The van der Waals surface area contributed by atoms with Gasteiger partial charge in [-0.3, -0.25) is 4.79 Å². The van der Waals surface area contributed by atoms with Crippen molar-refractivity contribution in [1.29, 1.82) is 0 Å². The van der Waals surface area contributed by atoms with Crippen molar-refractivity contribution in [3.8, 4) is 5.75 Å². The van der Waals surface area contributed by atoms with Crippen LogP contribution in [0.4, 0.5) is 4.39 Å². The van der Waals surface area contributed by atoms with Crippen LogP contribution in [0.1, 0.15) is 74.4 Å². The lowest BCUT2D eigenvalue weighted by molar-refractivity contribution is 0.0585. The van der Waals surface area contributed by atoms with Gasteiger partial charge in [-0.1, -0.05) is 49.2 Å². The van der Waals surface area contributed by atoms with Crippen molar-refractivity contribution in [3.63, 3.8) is 0 Å². The molecule has 4 rings (SSSR count). The summed E-state index contributed by atoms with van der Waals surface area (Å²) < 4.78 is 21.0. The van der Waals surface area contributed by atoms with Crippen molar-refractivity contribution in [3.05, 3.63) is 71.4 Å². The van der Waals surface area contributed by atoms with Gasteiger partial charge in [0.15, 0.2) is 11.6 Å². The Kier molecular flexibility index (Phi) is 7.17. The molecule has 0 saturated heterocycles. The molecule has 2 aliphatic rings. The first kappa shape index (κ1) is 22.8. The van der Waals surface area contributed by atoms with Crippen LogP contribution in [0.3, 0.4) is 0 Å². The van der Waals surface area contributed by atoms with E-state index in [9.17, 15) is 4.79 Å². The van der Waals surface area contributed by atoms with Crippen molar-refractivity contribution >= 4 is 5.91 Å². The zero-order chi connectivity index (χ0) is 22.7. The third-order valence-corrected chi connectivity index (χ3v) is 7.65. The number of hydrogen-bond acceptors (Lipinski definition) is 2. The van der Waals surface area contributed by atoms with Gasteiger partial charge in [0, 0.05) is 12.6 Å². The molecule has 1 aliphatic heterocycles. The lowest BCUT2D eigenvalue weighted by Gasteiger charge is -2.39. The fourth-order valence-electron chi connectivity index (χ4n) is 5.55. The maximum absolute atomic E-state index is 15.2. The van der Waals surface area contributed by atoms with Gasteiger partial charge in [0.2, 0.25) is 0 Å². The third-order valence-electron chi connectivity index (χ3n) is 7.65. The maximum Gasteiger partial charge on any atom is 0.257 e. The number of ether oxygens (including phenoxy) is 1. The number of nitrogens with zero attached hydrogens (tertiary/aromatic N) is 1. The summed E-state index contributed by atoms with van der Waals surface area (Å²) in [7, 11) is 0. The summed E-state index contributed by atoms with van der Waals surface area (Å²) in [4.78, 5) is 15.1. The summed E-state index contributed by atoms with van der Waals surface area (Å²) in [5, 5.41) is 0. The summed E-state index contributed by atoms with van der Waals surface area (Å²) in [6.07, 6.45) is 8.20. The summed E-state index contributed by atoms with van der Waals surface area (Å²) >= 11 is 0. The Morgan fingerprint density at radius 3 is 2.44 bits per heavy atom. The van der Waals surface area contributed by atoms with Crippen LogP contribution in [0.2, 0.25) is 0 Å². The molecular formula is C28H35FNO2-. The molecule has 0 N–H and O–H groups in total. The molecule has 0 bridgehead atoms. The molecule has 1 amide bonds.